The van der Waals surface area contributed by atoms with E-state index in [-0.39, 0.29) is 17.3 Å². The third-order valence-corrected chi connectivity index (χ3v) is 2.86. The summed E-state index contributed by atoms with van der Waals surface area (Å²) in [5.74, 6) is -0.146. The molecule has 1 aromatic heterocycles. The van der Waals surface area contributed by atoms with E-state index in [2.05, 4.69) is 15.3 Å². The monoisotopic (exact) mass is 327 g/mol. The van der Waals surface area contributed by atoms with Gasteiger partial charge in [0.2, 0.25) is 11.6 Å². The molecule has 2 aromatic rings. The summed E-state index contributed by atoms with van der Waals surface area (Å²) in [7, 11) is 3.12. The van der Waals surface area contributed by atoms with Gasteiger partial charge in [-0.3, -0.25) is 10.1 Å². The summed E-state index contributed by atoms with van der Waals surface area (Å²) < 4.78 is 38.1. The molecule has 0 saturated carbocycles. The van der Waals surface area contributed by atoms with Crippen LogP contribution in [0.2, 0.25) is 0 Å². The average Bonchev–Trinajstić information content (AvgIpc) is 2.46. The highest BCUT2D eigenvalue weighted by molar-refractivity contribution is 5.74. The van der Waals surface area contributed by atoms with Gasteiger partial charge in [-0.25, -0.2) is 9.97 Å². The third-order valence-electron chi connectivity index (χ3n) is 2.86. The summed E-state index contributed by atoms with van der Waals surface area (Å²) in [6, 6.07) is 4.31. The Kier molecular flexibility index (Phi) is 4.34. The SMILES string of the molecule is CN(C)c1ncnc(Nc2cccc(C(F)(F)F)c2)c1[N+](=O)[O-]. The van der Waals surface area contributed by atoms with Gasteiger partial charge in [0.15, 0.2) is 0 Å². The van der Waals surface area contributed by atoms with Crippen LogP contribution in [-0.2, 0) is 6.18 Å². The molecule has 0 atom stereocenters. The summed E-state index contributed by atoms with van der Waals surface area (Å²) in [6.45, 7) is 0. The first-order valence-electron chi connectivity index (χ1n) is 6.31. The minimum absolute atomic E-state index is 0.0336. The first kappa shape index (κ1) is 16.5. The highest BCUT2D eigenvalue weighted by Crippen LogP contribution is 2.34. The van der Waals surface area contributed by atoms with Gasteiger partial charge in [0.05, 0.1) is 10.5 Å². The smallest absolute Gasteiger partial charge is 0.357 e. The van der Waals surface area contributed by atoms with E-state index in [1.54, 1.807) is 14.1 Å². The van der Waals surface area contributed by atoms with Crippen molar-refractivity contribution in [3.8, 4) is 0 Å². The van der Waals surface area contributed by atoms with E-state index in [0.29, 0.717) is 0 Å². The number of hydrogen-bond acceptors (Lipinski definition) is 6. The molecule has 10 heteroatoms. The number of anilines is 3. The van der Waals surface area contributed by atoms with Crippen LogP contribution in [0.25, 0.3) is 0 Å². The number of rotatable bonds is 4. The Hall–Kier alpha value is -2.91. The zero-order valence-electron chi connectivity index (χ0n) is 12.1. The van der Waals surface area contributed by atoms with E-state index < -0.39 is 22.4 Å². The number of nitrogens with zero attached hydrogens (tertiary/aromatic N) is 4. The molecule has 122 valence electrons. The van der Waals surface area contributed by atoms with Crippen molar-refractivity contribution in [2.45, 2.75) is 6.18 Å². The molecule has 0 radical (unpaired) electrons. The van der Waals surface area contributed by atoms with Gasteiger partial charge in [0.1, 0.15) is 6.33 Å². The number of aromatic nitrogens is 2. The maximum atomic E-state index is 12.7. The number of nitro groups is 1. The van der Waals surface area contributed by atoms with Crippen LogP contribution in [0.5, 0.6) is 0 Å². The molecule has 0 aliphatic carbocycles. The summed E-state index contributed by atoms with van der Waals surface area (Å²) in [5, 5.41) is 13.8. The highest BCUT2D eigenvalue weighted by Gasteiger charge is 2.31. The van der Waals surface area contributed by atoms with Crippen LogP contribution in [-0.4, -0.2) is 29.0 Å². The predicted molar refractivity (Wildman–Crippen MR) is 77.7 cm³/mol. The maximum absolute atomic E-state index is 12.7. The molecule has 23 heavy (non-hydrogen) atoms. The maximum Gasteiger partial charge on any atom is 0.416 e. The van der Waals surface area contributed by atoms with Gasteiger partial charge in [-0.15, -0.1) is 0 Å². The largest absolute Gasteiger partial charge is 0.416 e. The molecule has 1 aromatic carbocycles. The van der Waals surface area contributed by atoms with Crippen molar-refractivity contribution >= 4 is 23.0 Å². The Morgan fingerprint density at radius 1 is 1.26 bits per heavy atom. The normalized spacial score (nSPS) is 11.2. The summed E-state index contributed by atoms with van der Waals surface area (Å²) >= 11 is 0. The molecule has 7 nitrogen and oxygen atoms in total. The van der Waals surface area contributed by atoms with Gasteiger partial charge < -0.3 is 10.2 Å². The van der Waals surface area contributed by atoms with Gasteiger partial charge in [-0.1, -0.05) is 6.07 Å². The quantitative estimate of drug-likeness (QED) is 0.686. The molecule has 0 spiro atoms. The van der Waals surface area contributed by atoms with Gasteiger partial charge in [0, 0.05) is 19.8 Å². The van der Waals surface area contributed by atoms with Crippen LogP contribution in [0, 0.1) is 10.1 Å². The van der Waals surface area contributed by atoms with Crippen molar-refractivity contribution in [2.24, 2.45) is 0 Å². The second-order valence-electron chi connectivity index (χ2n) is 4.75. The van der Waals surface area contributed by atoms with Gasteiger partial charge in [0.25, 0.3) is 0 Å². The fourth-order valence-electron chi connectivity index (χ4n) is 1.87. The van der Waals surface area contributed by atoms with Crippen LogP contribution in [0.4, 0.5) is 36.2 Å². The summed E-state index contributed by atoms with van der Waals surface area (Å²) in [4.78, 5) is 19.5. The molecule has 0 aliphatic heterocycles. The van der Waals surface area contributed by atoms with Gasteiger partial charge >= 0.3 is 11.9 Å². The third kappa shape index (κ3) is 3.65. The van der Waals surface area contributed by atoms with Crippen LogP contribution in [0.15, 0.2) is 30.6 Å². The first-order valence-corrected chi connectivity index (χ1v) is 6.31. The van der Waals surface area contributed by atoms with Crippen molar-refractivity contribution in [1.82, 2.24) is 9.97 Å². The van der Waals surface area contributed by atoms with E-state index in [4.69, 9.17) is 0 Å². The molecule has 0 saturated heterocycles. The molecule has 1 heterocycles. The van der Waals surface area contributed by atoms with Crippen molar-refractivity contribution in [3.63, 3.8) is 0 Å². The number of nitrogens with one attached hydrogen (secondary N) is 1. The molecule has 0 bridgehead atoms. The summed E-state index contributed by atoms with van der Waals surface area (Å²) in [6.07, 6.45) is -3.41. The molecule has 2 rings (SSSR count). The van der Waals surface area contributed by atoms with Gasteiger partial charge in [-0.2, -0.15) is 13.2 Å². The number of alkyl halides is 3. The van der Waals surface area contributed by atoms with Crippen molar-refractivity contribution in [2.75, 3.05) is 24.3 Å². The first-order chi connectivity index (χ1) is 10.7. The molecule has 0 amide bonds. The Labute approximate surface area is 128 Å². The Bertz CT molecular complexity index is 734. The van der Waals surface area contributed by atoms with Crippen molar-refractivity contribution in [3.05, 3.63) is 46.3 Å². The molecular weight excluding hydrogens is 315 g/mol. The lowest BCUT2D eigenvalue weighted by atomic mass is 10.2. The minimum Gasteiger partial charge on any atom is -0.357 e. The highest BCUT2D eigenvalue weighted by atomic mass is 19.4. The Morgan fingerprint density at radius 2 is 1.96 bits per heavy atom. The molecule has 0 aliphatic rings. The molecule has 0 fully saturated rings. The van der Waals surface area contributed by atoms with Crippen molar-refractivity contribution in [1.29, 1.82) is 0 Å². The summed E-state index contributed by atoms with van der Waals surface area (Å²) in [5.41, 5.74) is -1.26. The van der Waals surface area contributed by atoms with E-state index in [1.807, 2.05) is 0 Å². The van der Waals surface area contributed by atoms with Crippen molar-refractivity contribution < 1.29 is 18.1 Å². The second-order valence-corrected chi connectivity index (χ2v) is 4.75. The number of halogens is 3. The Morgan fingerprint density at radius 3 is 2.52 bits per heavy atom. The Balaban J connectivity index is 2.45. The van der Waals surface area contributed by atoms with E-state index >= 15 is 0 Å². The van der Waals surface area contributed by atoms with Gasteiger partial charge in [-0.05, 0) is 18.2 Å². The topological polar surface area (TPSA) is 84.2 Å². The second kappa shape index (κ2) is 6.07. The lowest BCUT2D eigenvalue weighted by Crippen LogP contribution is -2.14. The average molecular weight is 327 g/mol. The fraction of sp³-hybridized carbons (Fsp3) is 0.231. The van der Waals surface area contributed by atoms with E-state index in [0.717, 1.165) is 18.5 Å². The predicted octanol–water partition coefficient (Wildman–Crippen LogP) is 3.21. The minimum atomic E-state index is -4.51. The van der Waals surface area contributed by atoms with E-state index in [1.165, 1.54) is 17.0 Å². The van der Waals surface area contributed by atoms with Crippen LogP contribution < -0.4 is 10.2 Å². The number of benzene rings is 1. The van der Waals surface area contributed by atoms with Crippen LogP contribution in [0.3, 0.4) is 0 Å². The van der Waals surface area contributed by atoms with Crippen LogP contribution in [0.1, 0.15) is 5.56 Å². The lowest BCUT2D eigenvalue weighted by molar-refractivity contribution is -0.383. The number of hydrogen-bond donors (Lipinski definition) is 1. The lowest BCUT2D eigenvalue weighted by Gasteiger charge is -2.14. The molecule has 1 N–H and O–H groups in total. The van der Waals surface area contributed by atoms with E-state index in [9.17, 15) is 23.3 Å². The van der Waals surface area contributed by atoms with Crippen LogP contribution >= 0.6 is 0 Å². The molecule has 0 unspecified atom stereocenters. The fourth-order valence-corrected chi connectivity index (χ4v) is 1.87. The standard InChI is InChI=1S/C13H12F3N5O2/c1-20(2)12-10(21(22)23)11(17-7-18-12)19-9-5-3-4-8(6-9)13(14,15)16/h3-7H,1-2H3,(H,17,18,19). The molecular formula is C13H12F3N5O2. The zero-order chi connectivity index (χ0) is 17.2. The zero-order valence-corrected chi connectivity index (χ0v) is 12.1.